The van der Waals surface area contributed by atoms with Crippen LogP contribution in [0.25, 0.3) is 5.65 Å². The second-order valence-corrected chi connectivity index (χ2v) is 4.33. The zero-order chi connectivity index (χ0) is 13.3. The van der Waals surface area contributed by atoms with Crippen molar-refractivity contribution in [3.05, 3.63) is 42.2 Å². The number of carboxylic acid groups (broad SMARTS) is 1. The molecule has 0 aliphatic carbocycles. The summed E-state index contributed by atoms with van der Waals surface area (Å²) in [5.41, 5.74) is 1.75. The summed E-state index contributed by atoms with van der Waals surface area (Å²) in [5, 5.41) is 9.33. The molecular formula is C13H15N3O2. The molecule has 0 fully saturated rings. The number of aromatic carboxylic acids is 1. The molecule has 0 radical (unpaired) electrons. The van der Waals surface area contributed by atoms with E-state index in [9.17, 15) is 9.90 Å². The first-order chi connectivity index (χ1) is 8.50. The minimum Gasteiger partial charge on any atom is -0.476 e. The largest absolute Gasteiger partial charge is 0.476 e. The average Bonchev–Trinajstić information content (AvgIpc) is 2.67. The maximum Gasteiger partial charge on any atom is 0.356 e. The molecule has 0 aliphatic rings. The zero-order valence-electron chi connectivity index (χ0n) is 10.4. The summed E-state index contributed by atoms with van der Waals surface area (Å²) in [5.74, 6) is -0.533. The molecule has 2 heterocycles. The highest BCUT2D eigenvalue weighted by atomic mass is 16.4. The van der Waals surface area contributed by atoms with Crippen LogP contribution in [0.3, 0.4) is 0 Å². The summed E-state index contributed by atoms with van der Waals surface area (Å²) < 4.78 is 1.58. The normalized spacial score (nSPS) is 10.6. The van der Waals surface area contributed by atoms with Crippen LogP contribution in [0.15, 0.2) is 36.5 Å². The van der Waals surface area contributed by atoms with Crippen LogP contribution in [0, 0.1) is 0 Å². The Morgan fingerprint density at radius 1 is 1.56 bits per heavy atom. The van der Waals surface area contributed by atoms with Gasteiger partial charge in [0.2, 0.25) is 0 Å². The summed E-state index contributed by atoms with van der Waals surface area (Å²) in [7, 11) is 1.81. The number of nitrogens with zero attached hydrogens (tertiary/aromatic N) is 3. The van der Waals surface area contributed by atoms with Crippen LogP contribution in [-0.4, -0.2) is 34.1 Å². The van der Waals surface area contributed by atoms with Gasteiger partial charge in [0.05, 0.1) is 0 Å². The maximum absolute atomic E-state index is 11.4. The first-order valence-corrected chi connectivity index (χ1v) is 5.56. The molecule has 0 bridgehead atoms. The molecule has 0 spiro atoms. The Morgan fingerprint density at radius 2 is 2.28 bits per heavy atom. The molecule has 0 saturated heterocycles. The molecule has 2 aromatic rings. The molecule has 1 N–H and O–H groups in total. The molecule has 0 saturated carbocycles. The molecule has 0 aliphatic heterocycles. The van der Waals surface area contributed by atoms with Gasteiger partial charge < -0.3 is 10.0 Å². The van der Waals surface area contributed by atoms with Gasteiger partial charge in [-0.05, 0) is 19.1 Å². The van der Waals surface area contributed by atoms with E-state index < -0.39 is 5.97 Å². The van der Waals surface area contributed by atoms with E-state index in [2.05, 4.69) is 11.6 Å². The van der Waals surface area contributed by atoms with Crippen molar-refractivity contribution < 1.29 is 9.90 Å². The predicted molar refractivity (Wildman–Crippen MR) is 70.2 cm³/mol. The molecule has 0 amide bonds. The van der Waals surface area contributed by atoms with E-state index in [0.717, 1.165) is 5.57 Å². The Labute approximate surface area is 105 Å². The molecule has 2 rings (SSSR count). The van der Waals surface area contributed by atoms with Crippen molar-refractivity contribution in [2.75, 3.05) is 18.5 Å². The first-order valence-electron chi connectivity index (χ1n) is 5.56. The second kappa shape index (κ2) is 4.52. The van der Waals surface area contributed by atoms with Gasteiger partial charge in [-0.15, -0.1) is 0 Å². The van der Waals surface area contributed by atoms with Gasteiger partial charge in [0.15, 0.2) is 11.5 Å². The van der Waals surface area contributed by atoms with Crippen molar-refractivity contribution in [3.8, 4) is 0 Å². The number of aromatic nitrogens is 2. The van der Waals surface area contributed by atoms with Crippen molar-refractivity contribution in [2.24, 2.45) is 0 Å². The van der Waals surface area contributed by atoms with Gasteiger partial charge in [-0.25, -0.2) is 9.78 Å². The van der Waals surface area contributed by atoms with E-state index in [0.29, 0.717) is 18.0 Å². The summed E-state index contributed by atoms with van der Waals surface area (Å²) >= 11 is 0. The summed E-state index contributed by atoms with van der Waals surface area (Å²) in [6.45, 7) is 6.29. The fraction of sp³-hybridized carbons (Fsp3) is 0.231. The van der Waals surface area contributed by atoms with Gasteiger partial charge >= 0.3 is 5.97 Å². The number of imidazole rings is 1. The van der Waals surface area contributed by atoms with Gasteiger partial charge in [0.1, 0.15) is 5.65 Å². The number of carboxylic acids is 1. The third-order valence-electron chi connectivity index (χ3n) is 2.58. The third-order valence-corrected chi connectivity index (χ3v) is 2.58. The van der Waals surface area contributed by atoms with Crippen LogP contribution in [0.5, 0.6) is 0 Å². The lowest BCUT2D eigenvalue weighted by molar-refractivity contribution is 0.0690. The van der Waals surface area contributed by atoms with Gasteiger partial charge in [0, 0.05) is 19.8 Å². The highest BCUT2D eigenvalue weighted by Gasteiger charge is 2.20. The molecule has 0 unspecified atom stereocenters. The predicted octanol–water partition coefficient (Wildman–Crippen LogP) is 2.04. The highest BCUT2D eigenvalue weighted by Crippen LogP contribution is 2.21. The third kappa shape index (κ3) is 2.07. The Bertz CT molecular complexity index is 616. The SMILES string of the molecule is C=C(C)CN(C)c1nc2ccccn2c1C(=O)O. The maximum atomic E-state index is 11.4. The Balaban J connectivity index is 2.59. The molecule has 18 heavy (non-hydrogen) atoms. The fourth-order valence-corrected chi connectivity index (χ4v) is 1.93. The summed E-state index contributed by atoms with van der Waals surface area (Å²) in [6.07, 6.45) is 1.70. The van der Waals surface area contributed by atoms with Crippen molar-refractivity contribution in [1.29, 1.82) is 0 Å². The molecule has 0 aromatic carbocycles. The van der Waals surface area contributed by atoms with E-state index in [1.54, 1.807) is 27.6 Å². The number of likely N-dealkylation sites (N-methyl/N-ethyl adjacent to an activating group) is 1. The van der Waals surface area contributed by atoms with Gasteiger partial charge in [0.25, 0.3) is 0 Å². The number of carbonyl (C=O) groups is 1. The number of rotatable bonds is 4. The minimum atomic E-state index is -0.989. The van der Waals surface area contributed by atoms with Crippen LogP contribution in [0.1, 0.15) is 17.4 Å². The van der Waals surface area contributed by atoms with Crippen LogP contribution in [0.4, 0.5) is 5.82 Å². The topological polar surface area (TPSA) is 57.8 Å². The van der Waals surface area contributed by atoms with Crippen LogP contribution in [-0.2, 0) is 0 Å². The van der Waals surface area contributed by atoms with Crippen molar-refractivity contribution in [2.45, 2.75) is 6.92 Å². The lowest BCUT2D eigenvalue weighted by atomic mass is 10.3. The Kier molecular flexibility index (Phi) is 3.06. The van der Waals surface area contributed by atoms with E-state index in [4.69, 9.17) is 0 Å². The van der Waals surface area contributed by atoms with Crippen molar-refractivity contribution in [3.63, 3.8) is 0 Å². The molecule has 5 nitrogen and oxygen atoms in total. The van der Waals surface area contributed by atoms with Gasteiger partial charge in [-0.1, -0.05) is 18.2 Å². The van der Waals surface area contributed by atoms with E-state index in [1.807, 2.05) is 20.0 Å². The standard InChI is InChI=1S/C13H15N3O2/c1-9(2)8-15(3)12-11(13(17)18)16-7-5-4-6-10(16)14-12/h4-7H,1,8H2,2-3H3,(H,17,18). The van der Waals surface area contributed by atoms with Crippen LogP contribution < -0.4 is 4.90 Å². The lowest BCUT2D eigenvalue weighted by Gasteiger charge is -2.16. The molecular weight excluding hydrogens is 230 g/mol. The highest BCUT2D eigenvalue weighted by molar-refractivity contribution is 5.93. The Morgan fingerprint density at radius 3 is 2.89 bits per heavy atom. The number of anilines is 1. The summed E-state index contributed by atoms with van der Waals surface area (Å²) in [6, 6.07) is 5.39. The van der Waals surface area contributed by atoms with Gasteiger partial charge in [-0.3, -0.25) is 4.40 Å². The van der Waals surface area contributed by atoms with Crippen molar-refractivity contribution >= 4 is 17.4 Å². The lowest BCUT2D eigenvalue weighted by Crippen LogP contribution is -2.22. The first kappa shape index (κ1) is 12.2. The second-order valence-electron chi connectivity index (χ2n) is 4.33. The monoisotopic (exact) mass is 245 g/mol. The van der Waals surface area contributed by atoms with Gasteiger partial charge in [-0.2, -0.15) is 0 Å². The number of hydrogen-bond donors (Lipinski definition) is 1. The zero-order valence-corrected chi connectivity index (χ0v) is 10.4. The number of hydrogen-bond acceptors (Lipinski definition) is 3. The molecule has 5 heteroatoms. The fourth-order valence-electron chi connectivity index (χ4n) is 1.93. The molecule has 2 aromatic heterocycles. The van der Waals surface area contributed by atoms with E-state index in [-0.39, 0.29) is 5.69 Å². The number of fused-ring (bicyclic) bond motifs is 1. The van der Waals surface area contributed by atoms with E-state index in [1.165, 1.54) is 0 Å². The van der Waals surface area contributed by atoms with Crippen molar-refractivity contribution in [1.82, 2.24) is 9.38 Å². The Hall–Kier alpha value is -2.30. The van der Waals surface area contributed by atoms with Crippen LogP contribution >= 0.6 is 0 Å². The minimum absolute atomic E-state index is 0.175. The van der Waals surface area contributed by atoms with Crippen LogP contribution in [0.2, 0.25) is 0 Å². The van der Waals surface area contributed by atoms with E-state index >= 15 is 0 Å². The quantitative estimate of drug-likeness (QED) is 0.837. The molecule has 94 valence electrons. The summed E-state index contributed by atoms with van der Waals surface area (Å²) in [4.78, 5) is 17.5. The number of pyridine rings is 1. The average molecular weight is 245 g/mol. The smallest absolute Gasteiger partial charge is 0.356 e. The molecule has 0 atom stereocenters.